The summed E-state index contributed by atoms with van der Waals surface area (Å²) in [6.07, 6.45) is 3.32. The van der Waals surface area contributed by atoms with Gasteiger partial charge in [0.05, 0.1) is 10.5 Å². The van der Waals surface area contributed by atoms with Gasteiger partial charge in [-0.05, 0) is 61.9 Å². The Bertz CT molecular complexity index is 1140. The van der Waals surface area contributed by atoms with E-state index in [-0.39, 0.29) is 28.9 Å². The van der Waals surface area contributed by atoms with Gasteiger partial charge in [0.25, 0.3) is 5.91 Å². The van der Waals surface area contributed by atoms with Crippen LogP contribution in [0.15, 0.2) is 53.4 Å². The first kappa shape index (κ1) is 24.3. The van der Waals surface area contributed by atoms with Crippen LogP contribution in [0.4, 0.5) is 4.39 Å². The second kappa shape index (κ2) is 10.2. The molecule has 9 heteroatoms. The monoisotopic (exact) mass is 488 g/mol. The number of hydrogen-bond donors (Lipinski definition) is 0. The Morgan fingerprint density at radius 3 is 2.29 bits per heavy atom. The van der Waals surface area contributed by atoms with Crippen molar-refractivity contribution in [2.45, 2.75) is 50.1 Å². The van der Waals surface area contributed by atoms with Crippen LogP contribution in [0.1, 0.15) is 48.5 Å². The van der Waals surface area contributed by atoms with Gasteiger partial charge in [0, 0.05) is 31.2 Å². The SMILES string of the molecule is CC1CCN(S(=O)(=O)c2ccc(C(=O)OCC(=O)N(Cc3ccccc3F)C3CC3)cc2)CC1. The van der Waals surface area contributed by atoms with Crippen LogP contribution in [0.25, 0.3) is 0 Å². The van der Waals surface area contributed by atoms with Crippen molar-refractivity contribution in [3.8, 4) is 0 Å². The minimum Gasteiger partial charge on any atom is -0.452 e. The zero-order valence-corrected chi connectivity index (χ0v) is 20.0. The number of carbonyl (C=O) groups excluding carboxylic acids is 2. The minimum absolute atomic E-state index is 0.0214. The summed E-state index contributed by atoms with van der Waals surface area (Å²) in [5.74, 6) is -0.982. The quantitative estimate of drug-likeness (QED) is 0.530. The third-order valence-electron chi connectivity index (χ3n) is 6.40. The highest BCUT2D eigenvalue weighted by Gasteiger charge is 2.33. The van der Waals surface area contributed by atoms with Gasteiger partial charge in [0.15, 0.2) is 6.61 Å². The number of esters is 1. The summed E-state index contributed by atoms with van der Waals surface area (Å²) in [7, 11) is -3.61. The maximum absolute atomic E-state index is 14.0. The summed E-state index contributed by atoms with van der Waals surface area (Å²) in [5, 5.41) is 0. The highest BCUT2D eigenvalue weighted by atomic mass is 32.2. The molecule has 0 bridgehead atoms. The maximum Gasteiger partial charge on any atom is 0.338 e. The molecule has 182 valence electrons. The standard InChI is InChI=1S/C25H29FN2O5S/c1-18-12-14-27(15-13-18)34(31,32)22-10-6-19(7-11-22)25(30)33-17-24(29)28(21-8-9-21)16-20-4-2-3-5-23(20)26/h2-7,10-11,18,21H,8-9,12-17H2,1H3. The first-order chi connectivity index (χ1) is 16.3. The van der Waals surface area contributed by atoms with E-state index in [0.29, 0.717) is 24.6 Å². The number of hydrogen-bond acceptors (Lipinski definition) is 5. The number of carbonyl (C=O) groups is 2. The molecule has 2 aliphatic rings. The molecule has 2 aromatic rings. The van der Waals surface area contributed by atoms with Crippen molar-refractivity contribution in [1.29, 1.82) is 0 Å². The number of halogens is 1. The summed E-state index contributed by atoms with van der Waals surface area (Å²) in [4.78, 5) is 26.8. The normalized spacial score (nSPS) is 17.4. The smallest absolute Gasteiger partial charge is 0.338 e. The lowest BCUT2D eigenvalue weighted by molar-refractivity contribution is -0.135. The molecule has 0 spiro atoms. The average molecular weight is 489 g/mol. The topological polar surface area (TPSA) is 84.0 Å². The van der Waals surface area contributed by atoms with Crippen LogP contribution in [0.5, 0.6) is 0 Å². The molecule has 1 heterocycles. The fourth-order valence-electron chi connectivity index (χ4n) is 4.05. The second-order valence-electron chi connectivity index (χ2n) is 9.03. The Labute approximate surface area is 199 Å². The summed E-state index contributed by atoms with van der Waals surface area (Å²) < 4.78 is 46.4. The van der Waals surface area contributed by atoms with Crippen molar-refractivity contribution in [3.05, 3.63) is 65.5 Å². The summed E-state index contributed by atoms with van der Waals surface area (Å²) in [6, 6.07) is 11.9. The fraction of sp³-hybridized carbons (Fsp3) is 0.440. The number of amides is 1. The molecule has 1 saturated carbocycles. The van der Waals surface area contributed by atoms with Crippen molar-refractivity contribution < 1.29 is 27.1 Å². The molecule has 34 heavy (non-hydrogen) atoms. The molecule has 2 aromatic carbocycles. The Kier molecular flexibility index (Phi) is 7.33. The van der Waals surface area contributed by atoms with E-state index >= 15 is 0 Å². The Balaban J connectivity index is 1.35. The summed E-state index contributed by atoms with van der Waals surface area (Å²) >= 11 is 0. The van der Waals surface area contributed by atoms with Crippen molar-refractivity contribution in [2.75, 3.05) is 19.7 Å². The van der Waals surface area contributed by atoms with Crippen molar-refractivity contribution in [3.63, 3.8) is 0 Å². The zero-order valence-electron chi connectivity index (χ0n) is 19.2. The van der Waals surface area contributed by atoms with Gasteiger partial charge in [0.1, 0.15) is 5.82 Å². The zero-order chi connectivity index (χ0) is 24.3. The third-order valence-corrected chi connectivity index (χ3v) is 8.32. The summed E-state index contributed by atoms with van der Waals surface area (Å²) in [6.45, 7) is 2.74. The van der Waals surface area contributed by atoms with E-state index in [1.54, 1.807) is 23.1 Å². The first-order valence-electron chi connectivity index (χ1n) is 11.6. The van der Waals surface area contributed by atoms with Gasteiger partial charge in [-0.1, -0.05) is 25.1 Å². The lowest BCUT2D eigenvalue weighted by atomic mass is 10.0. The maximum atomic E-state index is 14.0. The van der Waals surface area contributed by atoms with E-state index in [2.05, 4.69) is 6.92 Å². The van der Waals surface area contributed by atoms with Gasteiger partial charge in [-0.3, -0.25) is 4.79 Å². The van der Waals surface area contributed by atoms with Crippen LogP contribution >= 0.6 is 0 Å². The molecule has 1 aliphatic carbocycles. The molecule has 0 N–H and O–H groups in total. The van der Waals surface area contributed by atoms with Crippen molar-refractivity contribution in [2.24, 2.45) is 5.92 Å². The van der Waals surface area contributed by atoms with Crippen LogP contribution in [-0.2, 0) is 26.1 Å². The molecule has 7 nitrogen and oxygen atoms in total. The molecule has 4 rings (SSSR count). The van der Waals surface area contributed by atoms with E-state index in [0.717, 1.165) is 25.7 Å². The van der Waals surface area contributed by atoms with Gasteiger partial charge in [-0.2, -0.15) is 4.31 Å². The second-order valence-corrected chi connectivity index (χ2v) is 11.0. The van der Waals surface area contributed by atoms with Crippen LogP contribution in [0.2, 0.25) is 0 Å². The van der Waals surface area contributed by atoms with Crippen LogP contribution < -0.4 is 0 Å². The van der Waals surface area contributed by atoms with Gasteiger partial charge in [0.2, 0.25) is 10.0 Å². The number of piperidine rings is 1. The number of benzene rings is 2. The lowest BCUT2D eigenvalue weighted by Gasteiger charge is -2.29. The largest absolute Gasteiger partial charge is 0.452 e. The lowest BCUT2D eigenvalue weighted by Crippen LogP contribution is -2.37. The molecule has 2 fully saturated rings. The Morgan fingerprint density at radius 1 is 1.03 bits per heavy atom. The van der Waals surface area contributed by atoms with Gasteiger partial charge in [-0.15, -0.1) is 0 Å². The van der Waals surface area contributed by atoms with E-state index in [1.807, 2.05) is 0 Å². The van der Waals surface area contributed by atoms with Crippen LogP contribution in [0.3, 0.4) is 0 Å². The molecule has 0 unspecified atom stereocenters. The predicted octanol–water partition coefficient (Wildman–Crippen LogP) is 3.59. The number of sulfonamides is 1. The highest BCUT2D eigenvalue weighted by Crippen LogP contribution is 2.29. The fourth-order valence-corrected chi connectivity index (χ4v) is 5.52. The summed E-state index contributed by atoms with van der Waals surface area (Å²) in [5.41, 5.74) is 0.570. The van der Waals surface area contributed by atoms with Crippen molar-refractivity contribution >= 4 is 21.9 Å². The number of rotatable bonds is 8. The molecule has 1 aliphatic heterocycles. The highest BCUT2D eigenvalue weighted by molar-refractivity contribution is 7.89. The van der Waals surface area contributed by atoms with E-state index < -0.39 is 28.5 Å². The van der Waals surface area contributed by atoms with Gasteiger partial charge >= 0.3 is 5.97 Å². The van der Waals surface area contributed by atoms with E-state index in [1.165, 1.54) is 34.6 Å². The predicted molar refractivity (Wildman–Crippen MR) is 124 cm³/mol. The van der Waals surface area contributed by atoms with Gasteiger partial charge in [-0.25, -0.2) is 17.6 Å². The van der Waals surface area contributed by atoms with Gasteiger partial charge < -0.3 is 9.64 Å². The molecular formula is C25H29FN2O5S. The number of nitrogens with zero attached hydrogens (tertiary/aromatic N) is 2. The molecule has 1 amide bonds. The molecule has 0 radical (unpaired) electrons. The molecule has 0 aromatic heterocycles. The third kappa shape index (κ3) is 5.64. The number of ether oxygens (including phenoxy) is 1. The first-order valence-corrected chi connectivity index (χ1v) is 13.0. The molecular weight excluding hydrogens is 459 g/mol. The molecule has 1 saturated heterocycles. The van der Waals surface area contributed by atoms with E-state index in [4.69, 9.17) is 4.74 Å². The van der Waals surface area contributed by atoms with Crippen LogP contribution in [0, 0.1) is 11.7 Å². The molecule has 0 atom stereocenters. The van der Waals surface area contributed by atoms with E-state index in [9.17, 15) is 22.4 Å². The Morgan fingerprint density at radius 2 is 1.68 bits per heavy atom. The Hall–Kier alpha value is -2.78. The van der Waals surface area contributed by atoms with Crippen molar-refractivity contribution in [1.82, 2.24) is 9.21 Å². The average Bonchev–Trinajstić information content (AvgIpc) is 3.67. The minimum atomic E-state index is -3.61. The van der Waals surface area contributed by atoms with Crippen LogP contribution in [-0.4, -0.2) is 55.2 Å².